The molecule has 1 heterocycles. The third kappa shape index (κ3) is 1.84. The molecule has 1 unspecified atom stereocenters. The van der Waals surface area contributed by atoms with Gasteiger partial charge >= 0.3 is 0 Å². The number of carbonyl (C=O) groups is 1. The van der Waals surface area contributed by atoms with Gasteiger partial charge in [-0.05, 0) is 25.7 Å². The lowest BCUT2D eigenvalue weighted by atomic mass is 9.82. The molecular weight excluding hydrogens is 178 g/mol. The first-order valence-electron chi connectivity index (χ1n) is 5.62. The third-order valence-electron chi connectivity index (χ3n) is 3.66. The summed E-state index contributed by atoms with van der Waals surface area (Å²) in [5.41, 5.74) is 5.45. The number of nitrogens with two attached hydrogens (primary N) is 1. The quantitative estimate of drug-likeness (QED) is 0.725. The van der Waals surface area contributed by atoms with E-state index in [1.807, 2.05) is 0 Å². The highest BCUT2D eigenvalue weighted by Gasteiger charge is 2.41. The van der Waals surface area contributed by atoms with Crippen LogP contribution in [0.3, 0.4) is 0 Å². The summed E-state index contributed by atoms with van der Waals surface area (Å²) in [5.74, 6) is 0.395. The van der Waals surface area contributed by atoms with Gasteiger partial charge in [-0.25, -0.2) is 0 Å². The molecule has 2 rings (SSSR count). The van der Waals surface area contributed by atoms with Gasteiger partial charge in [0.25, 0.3) is 0 Å². The Hall–Kier alpha value is -0.410. The zero-order valence-corrected chi connectivity index (χ0v) is 8.63. The molecule has 0 radical (unpaired) electrons. The smallest absolute Gasteiger partial charge is 0.149 e. The fourth-order valence-corrected chi connectivity index (χ4v) is 2.84. The standard InChI is InChI=1S/C11H19NO2/c12-8-10(13)9-3-6-14-11(7-9)4-1-2-5-11/h9H,1-8,12H2. The molecule has 1 saturated heterocycles. The van der Waals surface area contributed by atoms with Crippen molar-refractivity contribution in [3.63, 3.8) is 0 Å². The number of Topliss-reactive ketones (excluding diaryl/α,β-unsaturated/α-hetero) is 1. The van der Waals surface area contributed by atoms with E-state index < -0.39 is 0 Å². The minimum atomic E-state index is 0.0494. The van der Waals surface area contributed by atoms with Gasteiger partial charge in [0.1, 0.15) is 5.78 Å². The van der Waals surface area contributed by atoms with Crippen molar-refractivity contribution in [2.75, 3.05) is 13.2 Å². The maximum atomic E-state index is 11.5. The van der Waals surface area contributed by atoms with Crippen molar-refractivity contribution in [1.82, 2.24) is 0 Å². The molecule has 0 aromatic carbocycles. The van der Waals surface area contributed by atoms with E-state index in [0.29, 0.717) is 0 Å². The second-order valence-corrected chi connectivity index (χ2v) is 4.60. The Labute approximate surface area is 85.0 Å². The molecular formula is C11H19NO2. The van der Waals surface area contributed by atoms with Gasteiger partial charge in [0.05, 0.1) is 12.1 Å². The van der Waals surface area contributed by atoms with Gasteiger partial charge in [-0.2, -0.15) is 0 Å². The molecule has 2 N–H and O–H groups in total. The third-order valence-corrected chi connectivity index (χ3v) is 3.66. The highest BCUT2D eigenvalue weighted by molar-refractivity contribution is 5.82. The lowest BCUT2D eigenvalue weighted by molar-refractivity contribution is -0.135. The highest BCUT2D eigenvalue weighted by atomic mass is 16.5. The van der Waals surface area contributed by atoms with Crippen LogP contribution in [0.25, 0.3) is 0 Å². The van der Waals surface area contributed by atoms with Crippen LogP contribution < -0.4 is 5.73 Å². The van der Waals surface area contributed by atoms with Crippen molar-refractivity contribution >= 4 is 5.78 Å². The predicted molar refractivity (Wildman–Crippen MR) is 53.9 cm³/mol. The average molecular weight is 197 g/mol. The zero-order chi connectivity index (χ0) is 10.0. The molecule has 1 atom stereocenters. The Morgan fingerprint density at radius 1 is 1.43 bits per heavy atom. The van der Waals surface area contributed by atoms with E-state index in [0.717, 1.165) is 32.3 Å². The maximum Gasteiger partial charge on any atom is 0.149 e. The molecule has 1 aliphatic heterocycles. The minimum Gasteiger partial charge on any atom is -0.375 e. The lowest BCUT2D eigenvalue weighted by Crippen LogP contribution is -2.41. The van der Waals surface area contributed by atoms with Crippen LogP contribution in [0.4, 0.5) is 0 Å². The normalized spacial score (nSPS) is 30.8. The van der Waals surface area contributed by atoms with Gasteiger partial charge in [0, 0.05) is 12.5 Å². The second-order valence-electron chi connectivity index (χ2n) is 4.60. The van der Waals surface area contributed by atoms with Crippen molar-refractivity contribution in [3.05, 3.63) is 0 Å². The second kappa shape index (κ2) is 3.99. The molecule has 2 fully saturated rings. The van der Waals surface area contributed by atoms with E-state index in [1.54, 1.807) is 0 Å². The van der Waals surface area contributed by atoms with Crippen molar-refractivity contribution in [3.8, 4) is 0 Å². The molecule has 2 aliphatic rings. The summed E-state index contributed by atoms with van der Waals surface area (Å²) >= 11 is 0. The highest BCUT2D eigenvalue weighted by Crippen LogP contribution is 2.42. The largest absolute Gasteiger partial charge is 0.375 e. The van der Waals surface area contributed by atoms with Crippen molar-refractivity contribution in [2.45, 2.75) is 44.1 Å². The molecule has 14 heavy (non-hydrogen) atoms. The van der Waals surface area contributed by atoms with Crippen molar-refractivity contribution < 1.29 is 9.53 Å². The number of rotatable bonds is 2. The van der Waals surface area contributed by atoms with Gasteiger partial charge < -0.3 is 10.5 Å². The summed E-state index contributed by atoms with van der Waals surface area (Å²) in [5, 5.41) is 0. The molecule has 3 heteroatoms. The van der Waals surface area contributed by atoms with Crippen LogP contribution in [0.5, 0.6) is 0 Å². The molecule has 1 spiro atoms. The van der Waals surface area contributed by atoms with E-state index in [2.05, 4.69) is 0 Å². The monoisotopic (exact) mass is 197 g/mol. The molecule has 0 aromatic heterocycles. The van der Waals surface area contributed by atoms with Crippen molar-refractivity contribution in [1.29, 1.82) is 0 Å². The summed E-state index contributed by atoms with van der Waals surface area (Å²) in [6.45, 7) is 0.942. The molecule has 1 saturated carbocycles. The van der Waals surface area contributed by atoms with Crippen LogP contribution in [-0.2, 0) is 9.53 Å². The summed E-state index contributed by atoms with van der Waals surface area (Å²) in [6, 6.07) is 0. The van der Waals surface area contributed by atoms with E-state index in [1.165, 1.54) is 12.8 Å². The molecule has 1 aliphatic carbocycles. The number of hydrogen-bond acceptors (Lipinski definition) is 3. The summed E-state index contributed by atoms with van der Waals surface area (Å²) in [4.78, 5) is 11.5. The Kier molecular flexibility index (Phi) is 2.88. The Balaban J connectivity index is 1.99. The van der Waals surface area contributed by atoms with Crippen LogP contribution in [0.15, 0.2) is 0 Å². The molecule has 3 nitrogen and oxygen atoms in total. The topological polar surface area (TPSA) is 52.3 Å². The maximum absolute atomic E-state index is 11.5. The first-order valence-corrected chi connectivity index (χ1v) is 5.62. The minimum absolute atomic E-state index is 0.0494. The Morgan fingerprint density at radius 2 is 2.14 bits per heavy atom. The first-order chi connectivity index (χ1) is 6.76. The van der Waals surface area contributed by atoms with Crippen LogP contribution in [0, 0.1) is 5.92 Å². The zero-order valence-electron chi connectivity index (χ0n) is 8.63. The summed E-state index contributed by atoms with van der Waals surface area (Å²) in [7, 11) is 0. The van der Waals surface area contributed by atoms with Crippen molar-refractivity contribution in [2.24, 2.45) is 11.7 Å². The van der Waals surface area contributed by atoms with E-state index in [4.69, 9.17) is 10.5 Å². The van der Waals surface area contributed by atoms with Gasteiger partial charge in [-0.15, -0.1) is 0 Å². The predicted octanol–water partition coefficient (Wildman–Crippen LogP) is 1.25. The van der Waals surface area contributed by atoms with Crippen LogP contribution >= 0.6 is 0 Å². The molecule has 0 aromatic rings. The summed E-state index contributed by atoms with van der Waals surface area (Å²) in [6.07, 6.45) is 6.58. The SMILES string of the molecule is NCC(=O)C1CCOC2(CCCC2)C1. The summed E-state index contributed by atoms with van der Waals surface area (Å²) < 4.78 is 5.86. The molecule has 80 valence electrons. The van der Waals surface area contributed by atoms with Gasteiger partial charge in [0.2, 0.25) is 0 Å². The van der Waals surface area contributed by atoms with E-state index in [9.17, 15) is 4.79 Å². The average Bonchev–Trinajstić information content (AvgIpc) is 2.65. The van der Waals surface area contributed by atoms with Crippen LogP contribution in [0.1, 0.15) is 38.5 Å². The van der Waals surface area contributed by atoms with Gasteiger partial charge in [-0.1, -0.05) is 12.8 Å². The fourth-order valence-electron chi connectivity index (χ4n) is 2.84. The number of carbonyl (C=O) groups excluding carboxylic acids is 1. The fraction of sp³-hybridized carbons (Fsp3) is 0.909. The van der Waals surface area contributed by atoms with E-state index >= 15 is 0 Å². The van der Waals surface area contributed by atoms with Crippen LogP contribution in [0.2, 0.25) is 0 Å². The number of ether oxygens (including phenoxy) is 1. The van der Waals surface area contributed by atoms with Gasteiger partial charge in [0.15, 0.2) is 0 Å². The lowest BCUT2D eigenvalue weighted by Gasteiger charge is -2.37. The van der Waals surface area contributed by atoms with Crippen LogP contribution in [-0.4, -0.2) is 24.5 Å². The number of hydrogen-bond donors (Lipinski definition) is 1. The molecule has 0 bridgehead atoms. The Morgan fingerprint density at radius 3 is 2.79 bits per heavy atom. The molecule has 0 amide bonds. The number of ketones is 1. The van der Waals surface area contributed by atoms with E-state index in [-0.39, 0.29) is 23.8 Å². The first kappa shape index (κ1) is 10.1. The Bertz CT molecular complexity index is 221. The van der Waals surface area contributed by atoms with Gasteiger partial charge in [-0.3, -0.25) is 4.79 Å².